The summed E-state index contributed by atoms with van der Waals surface area (Å²) in [5.41, 5.74) is 2.65. The third-order valence-electron chi connectivity index (χ3n) is 5.01. The predicted molar refractivity (Wildman–Crippen MR) is 115 cm³/mol. The Bertz CT molecular complexity index is 618. The lowest BCUT2D eigenvalue weighted by Gasteiger charge is -2.06. The van der Waals surface area contributed by atoms with Crippen LogP contribution in [0.4, 0.5) is 0 Å². The van der Waals surface area contributed by atoms with Gasteiger partial charge in [0, 0.05) is 5.92 Å². The average molecular weight is 383 g/mol. The first-order valence-corrected chi connectivity index (χ1v) is 10.2. The van der Waals surface area contributed by atoms with E-state index in [2.05, 4.69) is 36.4 Å². The molecular formula is C25H34O3. The zero-order valence-electron chi connectivity index (χ0n) is 17.4. The summed E-state index contributed by atoms with van der Waals surface area (Å²) in [6, 6.07) is 20.6. The molecule has 3 nitrogen and oxygen atoms in total. The van der Waals surface area contributed by atoms with Gasteiger partial charge in [0.25, 0.3) is 0 Å². The molecule has 0 aliphatic carbocycles. The van der Waals surface area contributed by atoms with E-state index in [0.717, 1.165) is 38.5 Å². The molecule has 0 radical (unpaired) electrons. The minimum absolute atomic E-state index is 0.221. The molecule has 28 heavy (non-hydrogen) atoms. The van der Waals surface area contributed by atoms with Crippen molar-refractivity contribution in [3.63, 3.8) is 0 Å². The third kappa shape index (κ3) is 10.7. The van der Waals surface area contributed by atoms with Crippen LogP contribution in [0.25, 0.3) is 0 Å². The van der Waals surface area contributed by atoms with E-state index in [1.807, 2.05) is 31.2 Å². The summed E-state index contributed by atoms with van der Waals surface area (Å²) in [7, 11) is 0. The van der Waals surface area contributed by atoms with E-state index in [1.54, 1.807) is 13.8 Å². The highest BCUT2D eigenvalue weighted by molar-refractivity contribution is 5.77. The van der Waals surface area contributed by atoms with Crippen LogP contribution < -0.4 is 0 Å². The highest BCUT2D eigenvalue weighted by atomic mass is 16.4. The molecule has 0 saturated carbocycles. The summed E-state index contributed by atoms with van der Waals surface area (Å²) in [6.45, 7) is 5.44. The number of carboxylic acids is 1. The minimum Gasteiger partial charge on any atom is -0.481 e. The molecule has 0 heterocycles. The van der Waals surface area contributed by atoms with Crippen molar-refractivity contribution < 1.29 is 14.7 Å². The Morgan fingerprint density at radius 2 is 1.14 bits per heavy atom. The second kappa shape index (κ2) is 13.7. The number of aliphatic carboxylic acids is 1. The van der Waals surface area contributed by atoms with E-state index in [9.17, 15) is 9.59 Å². The first-order chi connectivity index (χ1) is 13.4. The number of carbonyl (C=O) groups excluding carboxylic acids is 1. The zero-order chi connectivity index (χ0) is 20.8. The van der Waals surface area contributed by atoms with Crippen molar-refractivity contribution in [3.05, 3.63) is 71.8 Å². The number of aryl methyl sites for hydroxylation is 2. The van der Waals surface area contributed by atoms with Crippen molar-refractivity contribution in [1.29, 1.82) is 0 Å². The Morgan fingerprint density at radius 3 is 1.50 bits per heavy atom. The maximum atomic E-state index is 11.0. The second-order valence-electron chi connectivity index (χ2n) is 7.51. The van der Waals surface area contributed by atoms with Crippen molar-refractivity contribution >= 4 is 11.8 Å². The number of carbonyl (C=O) groups is 2. The fraction of sp³-hybridized carbons (Fsp3) is 0.440. The maximum absolute atomic E-state index is 11.0. The van der Waals surface area contributed by atoms with Gasteiger partial charge < -0.3 is 5.11 Å². The molecule has 0 bridgehead atoms. The molecule has 0 spiro atoms. The van der Waals surface area contributed by atoms with Gasteiger partial charge in [-0.15, -0.1) is 0 Å². The number of benzene rings is 2. The predicted octanol–water partition coefficient (Wildman–Crippen LogP) is 5.96. The Labute approximate surface area is 169 Å². The van der Waals surface area contributed by atoms with Crippen LogP contribution in [0.3, 0.4) is 0 Å². The molecule has 2 atom stereocenters. The highest BCUT2D eigenvalue weighted by Gasteiger charge is 2.09. The van der Waals surface area contributed by atoms with Gasteiger partial charge >= 0.3 is 5.97 Å². The summed E-state index contributed by atoms with van der Waals surface area (Å²) in [6.07, 6.45) is 5.85. The fourth-order valence-corrected chi connectivity index (χ4v) is 2.84. The normalized spacial score (nSPS) is 12.4. The molecule has 3 heteroatoms. The van der Waals surface area contributed by atoms with Crippen molar-refractivity contribution in [2.45, 2.75) is 59.3 Å². The number of hydrogen-bond acceptors (Lipinski definition) is 2. The number of carboxylic acid groups (broad SMARTS) is 1. The topological polar surface area (TPSA) is 54.4 Å². The SMILES string of the molecule is CC(=O)[C@@H](C)CCCc1ccccc1.C[C@@H](CCCc1ccccc1)C(=O)O. The fourth-order valence-electron chi connectivity index (χ4n) is 2.84. The Kier molecular flexibility index (Phi) is 11.6. The van der Waals surface area contributed by atoms with Crippen LogP contribution in [-0.4, -0.2) is 16.9 Å². The van der Waals surface area contributed by atoms with Gasteiger partial charge in [0.1, 0.15) is 5.78 Å². The van der Waals surface area contributed by atoms with Gasteiger partial charge in [0.05, 0.1) is 5.92 Å². The van der Waals surface area contributed by atoms with Gasteiger partial charge in [-0.2, -0.15) is 0 Å². The van der Waals surface area contributed by atoms with Gasteiger partial charge in [0.2, 0.25) is 0 Å². The maximum Gasteiger partial charge on any atom is 0.306 e. The van der Waals surface area contributed by atoms with Crippen molar-refractivity contribution in [1.82, 2.24) is 0 Å². The quantitative estimate of drug-likeness (QED) is 0.551. The number of rotatable bonds is 10. The molecular weight excluding hydrogens is 348 g/mol. The number of hydrogen-bond donors (Lipinski definition) is 1. The van der Waals surface area contributed by atoms with E-state index in [0.29, 0.717) is 5.78 Å². The summed E-state index contributed by atoms with van der Waals surface area (Å²) in [5, 5.41) is 8.68. The van der Waals surface area contributed by atoms with Crippen LogP contribution >= 0.6 is 0 Å². The lowest BCUT2D eigenvalue weighted by molar-refractivity contribution is -0.141. The van der Waals surface area contributed by atoms with E-state index in [-0.39, 0.29) is 11.8 Å². The molecule has 0 saturated heterocycles. The van der Waals surface area contributed by atoms with E-state index in [4.69, 9.17) is 5.11 Å². The van der Waals surface area contributed by atoms with Gasteiger partial charge in [-0.25, -0.2) is 0 Å². The molecule has 152 valence electrons. The Balaban J connectivity index is 0.000000280. The monoisotopic (exact) mass is 382 g/mol. The largest absolute Gasteiger partial charge is 0.481 e. The first kappa shape index (κ1) is 23.6. The zero-order valence-corrected chi connectivity index (χ0v) is 17.4. The smallest absolute Gasteiger partial charge is 0.306 e. The van der Waals surface area contributed by atoms with Crippen LogP contribution in [0.5, 0.6) is 0 Å². The Morgan fingerprint density at radius 1 is 0.750 bits per heavy atom. The van der Waals surface area contributed by atoms with E-state index >= 15 is 0 Å². The lowest BCUT2D eigenvalue weighted by Crippen LogP contribution is -2.09. The summed E-state index contributed by atoms with van der Waals surface area (Å²) in [5.74, 6) is -0.395. The third-order valence-corrected chi connectivity index (χ3v) is 5.01. The summed E-state index contributed by atoms with van der Waals surface area (Å²) < 4.78 is 0. The number of Topliss-reactive ketones (excluding diaryl/α,β-unsaturated/α-hetero) is 1. The molecule has 1 N–H and O–H groups in total. The van der Waals surface area contributed by atoms with Crippen LogP contribution in [0, 0.1) is 11.8 Å². The summed E-state index contributed by atoms with van der Waals surface area (Å²) in [4.78, 5) is 21.5. The van der Waals surface area contributed by atoms with Crippen molar-refractivity contribution in [2.24, 2.45) is 11.8 Å². The van der Waals surface area contributed by atoms with Gasteiger partial charge in [-0.05, 0) is 56.6 Å². The van der Waals surface area contributed by atoms with Crippen molar-refractivity contribution in [2.75, 3.05) is 0 Å². The van der Waals surface area contributed by atoms with Crippen LogP contribution in [-0.2, 0) is 22.4 Å². The average Bonchev–Trinajstić information content (AvgIpc) is 2.70. The molecule has 2 aromatic carbocycles. The molecule has 0 aromatic heterocycles. The van der Waals surface area contributed by atoms with Crippen molar-refractivity contribution in [3.8, 4) is 0 Å². The Hall–Kier alpha value is -2.42. The van der Waals surface area contributed by atoms with Gasteiger partial charge in [-0.1, -0.05) is 74.5 Å². The highest BCUT2D eigenvalue weighted by Crippen LogP contribution is 2.11. The molecule has 0 unspecified atom stereocenters. The van der Waals surface area contributed by atoms with E-state index < -0.39 is 5.97 Å². The van der Waals surface area contributed by atoms with Crippen LogP contribution in [0.2, 0.25) is 0 Å². The van der Waals surface area contributed by atoms with Gasteiger partial charge in [0.15, 0.2) is 0 Å². The molecule has 0 fully saturated rings. The molecule has 2 aromatic rings. The lowest BCUT2D eigenvalue weighted by atomic mass is 9.98. The molecule has 0 aliphatic rings. The van der Waals surface area contributed by atoms with Gasteiger partial charge in [-0.3, -0.25) is 9.59 Å². The molecule has 0 amide bonds. The summed E-state index contributed by atoms with van der Waals surface area (Å²) >= 11 is 0. The molecule has 2 rings (SSSR count). The minimum atomic E-state index is -0.696. The first-order valence-electron chi connectivity index (χ1n) is 10.2. The van der Waals surface area contributed by atoms with Crippen LogP contribution in [0.1, 0.15) is 57.6 Å². The second-order valence-corrected chi connectivity index (χ2v) is 7.51. The van der Waals surface area contributed by atoms with Crippen LogP contribution in [0.15, 0.2) is 60.7 Å². The number of ketones is 1. The molecule has 0 aliphatic heterocycles. The van der Waals surface area contributed by atoms with E-state index in [1.165, 1.54) is 11.1 Å². The standard InChI is InChI=1S/C13H18O.C12H16O2/c1-11(12(2)14)7-6-10-13-8-4-3-5-9-13;1-10(12(13)14)6-5-9-11-7-3-2-4-8-11/h3-5,8-9,11H,6-7,10H2,1-2H3;2-4,7-8,10H,5-6,9H2,1H3,(H,13,14)/t11-;10-/m00/s1.